The van der Waals surface area contributed by atoms with Crippen molar-refractivity contribution in [3.63, 3.8) is 0 Å². The number of carboxylic acid groups (broad SMARTS) is 1. The summed E-state index contributed by atoms with van der Waals surface area (Å²) in [5.74, 6) is -1.31. The van der Waals surface area contributed by atoms with Gasteiger partial charge in [-0.3, -0.25) is 9.59 Å². The Hall–Kier alpha value is -3.61. The number of aliphatic carboxylic acids is 1. The molecule has 172 valence electrons. The first kappa shape index (κ1) is 22.6. The maximum Gasteiger partial charge on any atom is 0.407 e. The lowest BCUT2D eigenvalue weighted by Crippen LogP contribution is -2.48. The zero-order chi connectivity index (χ0) is 23.2. The molecule has 33 heavy (non-hydrogen) atoms. The molecule has 0 spiro atoms. The molecule has 2 amide bonds. The number of rotatable bonds is 9. The number of nitrogens with one attached hydrogen (secondary N) is 2. The van der Waals surface area contributed by atoms with E-state index < -0.39 is 30.4 Å². The van der Waals surface area contributed by atoms with E-state index in [1.54, 1.807) is 0 Å². The Morgan fingerprint density at radius 1 is 0.970 bits per heavy atom. The summed E-state index contributed by atoms with van der Waals surface area (Å²) in [5.41, 5.74) is 4.38. The average molecular weight is 449 g/mol. The molecular formula is C26H28N2O5. The third-order valence-corrected chi connectivity index (χ3v) is 6.29. The number of carboxylic acids is 1. The highest BCUT2D eigenvalue weighted by molar-refractivity contribution is 5.89. The van der Waals surface area contributed by atoms with Crippen LogP contribution in [-0.4, -0.2) is 42.3 Å². The monoisotopic (exact) mass is 448 g/mol. The molecule has 2 aromatic carbocycles. The van der Waals surface area contributed by atoms with Gasteiger partial charge in [-0.2, -0.15) is 0 Å². The first-order valence-electron chi connectivity index (χ1n) is 11.3. The summed E-state index contributed by atoms with van der Waals surface area (Å²) in [4.78, 5) is 36.2. The van der Waals surface area contributed by atoms with Crippen molar-refractivity contribution < 1.29 is 24.2 Å². The molecule has 0 aliphatic heterocycles. The average Bonchev–Trinajstić information content (AvgIpc) is 3.43. The van der Waals surface area contributed by atoms with Crippen molar-refractivity contribution in [3.05, 3.63) is 71.8 Å². The summed E-state index contributed by atoms with van der Waals surface area (Å²) >= 11 is 0. The molecule has 0 heterocycles. The molecule has 7 heteroatoms. The van der Waals surface area contributed by atoms with E-state index in [1.807, 2.05) is 48.5 Å². The van der Waals surface area contributed by atoms with Crippen molar-refractivity contribution in [2.45, 2.75) is 37.6 Å². The maximum absolute atomic E-state index is 12.5. The van der Waals surface area contributed by atoms with Crippen molar-refractivity contribution in [1.29, 1.82) is 0 Å². The Morgan fingerprint density at radius 2 is 1.58 bits per heavy atom. The van der Waals surface area contributed by atoms with Crippen LogP contribution in [0.25, 0.3) is 11.1 Å². The molecule has 4 rings (SSSR count). The second kappa shape index (κ2) is 10.3. The number of benzene rings is 2. The fraction of sp³-hybridized carbons (Fsp3) is 0.346. The van der Waals surface area contributed by atoms with Gasteiger partial charge in [0, 0.05) is 12.5 Å². The molecule has 1 unspecified atom stereocenters. The molecule has 0 aromatic heterocycles. The molecule has 0 fully saturated rings. The second-order valence-electron chi connectivity index (χ2n) is 8.51. The van der Waals surface area contributed by atoms with E-state index >= 15 is 0 Å². The van der Waals surface area contributed by atoms with Crippen LogP contribution in [0.5, 0.6) is 0 Å². The van der Waals surface area contributed by atoms with Crippen molar-refractivity contribution in [1.82, 2.24) is 10.6 Å². The van der Waals surface area contributed by atoms with E-state index in [0.29, 0.717) is 12.5 Å². The minimum atomic E-state index is -1.19. The van der Waals surface area contributed by atoms with Crippen LogP contribution >= 0.6 is 0 Å². The van der Waals surface area contributed by atoms with Gasteiger partial charge in [-0.15, -0.1) is 0 Å². The summed E-state index contributed by atoms with van der Waals surface area (Å²) in [6, 6.07) is 14.8. The van der Waals surface area contributed by atoms with Gasteiger partial charge in [-0.1, -0.05) is 60.7 Å². The lowest BCUT2D eigenvalue weighted by atomic mass is 9.98. The minimum Gasteiger partial charge on any atom is -0.481 e. The maximum atomic E-state index is 12.5. The van der Waals surface area contributed by atoms with E-state index in [0.717, 1.165) is 41.5 Å². The van der Waals surface area contributed by atoms with Gasteiger partial charge < -0.3 is 20.5 Å². The number of fused-ring (bicyclic) bond motifs is 3. The predicted octanol–water partition coefficient (Wildman–Crippen LogP) is 3.84. The summed E-state index contributed by atoms with van der Waals surface area (Å²) < 4.78 is 5.46. The smallest absolute Gasteiger partial charge is 0.407 e. The lowest BCUT2D eigenvalue weighted by Gasteiger charge is -2.19. The van der Waals surface area contributed by atoms with Crippen molar-refractivity contribution >= 4 is 18.0 Å². The van der Waals surface area contributed by atoms with Gasteiger partial charge in [0.05, 0.1) is 6.42 Å². The molecule has 2 aliphatic rings. The molecule has 2 aliphatic carbocycles. The number of ether oxygens (including phenoxy) is 1. The number of carbonyl (C=O) groups is 3. The SMILES string of the molecule is O=C(O)CC(NC(=O)OCC1c2ccccc2-c2ccccc21)C(=O)NCCC1CC=CC1. The van der Waals surface area contributed by atoms with Crippen molar-refractivity contribution in [2.75, 3.05) is 13.2 Å². The summed E-state index contributed by atoms with van der Waals surface area (Å²) in [6.45, 7) is 0.531. The molecule has 0 saturated carbocycles. The Kier molecular flexibility index (Phi) is 7.07. The second-order valence-corrected chi connectivity index (χ2v) is 8.51. The van der Waals surface area contributed by atoms with Gasteiger partial charge in [0.15, 0.2) is 0 Å². The number of hydrogen-bond acceptors (Lipinski definition) is 4. The van der Waals surface area contributed by atoms with Gasteiger partial charge in [0.25, 0.3) is 0 Å². The standard InChI is InChI=1S/C26H28N2O5/c29-24(30)15-23(25(31)27-14-13-17-7-1-2-8-17)28-26(32)33-16-22-20-11-5-3-9-18(20)19-10-4-6-12-21(19)22/h1-6,9-12,17,22-23H,7-8,13-16H2,(H,27,31)(H,28,32)(H,29,30). The van der Waals surface area contributed by atoms with Gasteiger partial charge in [0.2, 0.25) is 5.91 Å². The summed E-state index contributed by atoms with van der Waals surface area (Å²) in [6.07, 6.45) is 5.72. The van der Waals surface area contributed by atoms with Crippen LogP contribution in [0.1, 0.15) is 42.7 Å². The Morgan fingerprint density at radius 3 is 2.18 bits per heavy atom. The highest BCUT2D eigenvalue weighted by Gasteiger charge is 2.30. The predicted molar refractivity (Wildman–Crippen MR) is 124 cm³/mol. The van der Waals surface area contributed by atoms with Gasteiger partial charge in [-0.25, -0.2) is 4.79 Å². The van der Waals surface area contributed by atoms with E-state index in [1.165, 1.54) is 0 Å². The van der Waals surface area contributed by atoms with Crippen LogP contribution in [0, 0.1) is 5.92 Å². The molecule has 3 N–H and O–H groups in total. The van der Waals surface area contributed by atoms with E-state index in [4.69, 9.17) is 4.74 Å². The topological polar surface area (TPSA) is 105 Å². The highest BCUT2D eigenvalue weighted by Crippen LogP contribution is 2.44. The molecule has 1 atom stereocenters. The third kappa shape index (κ3) is 5.42. The molecule has 0 saturated heterocycles. The van der Waals surface area contributed by atoms with E-state index in [-0.39, 0.29) is 12.5 Å². The quantitative estimate of drug-likeness (QED) is 0.506. The third-order valence-electron chi connectivity index (χ3n) is 6.29. The Labute approximate surface area is 192 Å². The summed E-state index contributed by atoms with van der Waals surface area (Å²) in [5, 5.41) is 14.4. The number of amides is 2. The first-order valence-corrected chi connectivity index (χ1v) is 11.3. The molecule has 2 aromatic rings. The minimum absolute atomic E-state index is 0.0932. The fourth-order valence-electron chi connectivity index (χ4n) is 4.60. The molecule has 0 bridgehead atoms. The highest BCUT2D eigenvalue weighted by atomic mass is 16.5. The van der Waals surface area contributed by atoms with Crippen molar-refractivity contribution in [2.24, 2.45) is 5.92 Å². The van der Waals surface area contributed by atoms with E-state index in [9.17, 15) is 19.5 Å². The number of carbonyl (C=O) groups excluding carboxylic acids is 2. The normalized spacial score (nSPS) is 15.5. The molecule has 0 radical (unpaired) electrons. The van der Waals surface area contributed by atoms with Crippen LogP contribution < -0.4 is 10.6 Å². The zero-order valence-electron chi connectivity index (χ0n) is 18.3. The summed E-state index contributed by atoms with van der Waals surface area (Å²) in [7, 11) is 0. The van der Waals surface area contributed by atoms with Crippen LogP contribution in [0.4, 0.5) is 4.79 Å². The van der Waals surface area contributed by atoms with Gasteiger partial charge >= 0.3 is 12.1 Å². The fourth-order valence-corrected chi connectivity index (χ4v) is 4.60. The molecule has 7 nitrogen and oxygen atoms in total. The Balaban J connectivity index is 1.34. The van der Waals surface area contributed by atoms with Crippen LogP contribution in [0.3, 0.4) is 0 Å². The van der Waals surface area contributed by atoms with Crippen LogP contribution in [-0.2, 0) is 14.3 Å². The van der Waals surface area contributed by atoms with Gasteiger partial charge in [-0.05, 0) is 47.4 Å². The van der Waals surface area contributed by atoms with Crippen molar-refractivity contribution in [3.8, 4) is 11.1 Å². The number of hydrogen-bond donors (Lipinski definition) is 3. The first-order chi connectivity index (χ1) is 16.0. The zero-order valence-corrected chi connectivity index (χ0v) is 18.3. The van der Waals surface area contributed by atoms with Crippen LogP contribution in [0.15, 0.2) is 60.7 Å². The number of allylic oxidation sites excluding steroid dienone is 2. The number of alkyl carbamates (subject to hydrolysis) is 1. The van der Waals surface area contributed by atoms with Gasteiger partial charge in [0.1, 0.15) is 12.6 Å². The Bertz CT molecular complexity index is 1010. The van der Waals surface area contributed by atoms with E-state index in [2.05, 4.69) is 22.8 Å². The van der Waals surface area contributed by atoms with Crippen LogP contribution in [0.2, 0.25) is 0 Å². The lowest BCUT2D eigenvalue weighted by molar-refractivity contribution is -0.139. The largest absolute Gasteiger partial charge is 0.481 e. The molecular weight excluding hydrogens is 420 g/mol.